The van der Waals surface area contributed by atoms with Gasteiger partial charge in [-0.05, 0) is 24.6 Å². The Hall–Kier alpha value is -2.14. The van der Waals surface area contributed by atoms with Crippen LogP contribution in [0.15, 0.2) is 35.2 Å². The van der Waals surface area contributed by atoms with Gasteiger partial charge in [-0.3, -0.25) is 4.98 Å². The molecule has 88 valence electrons. The monoisotopic (exact) mass is 233 g/mol. The molecular weight excluding hydrogens is 222 g/mol. The first-order chi connectivity index (χ1) is 8.11. The zero-order valence-corrected chi connectivity index (χ0v) is 9.12. The summed E-state index contributed by atoms with van der Waals surface area (Å²) in [6, 6.07) is 3.05. The first kappa shape index (κ1) is 11.3. The summed E-state index contributed by atoms with van der Waals surface area (Å²) in [7, 11) is 0. The van der Waals surface area contributed by atoms with Gasteiger partial charge in [-0.1, -0.05) is 0 Å². The maximum atomic E-state index is 10.9. The van der Waals surface area contributed by atoms with Crippen LogP contribution in [0.25, 0.3) is 0 Å². The van der Waals surface area contributed by atoms with E-state index in [0.29, 0.717) is 5.56 Å². The molecule has 2 heterocycles. The van der Waals surface area contributed by atoms with Gasteiger partial charge >= 0.3 is 5.97 Å². The van der Waals surface area contributed by atoms with Crippen molar-refractivity contribution in [1.29, 1.82) is 0 Å². The summed E-state index contributed by atoms with van der Waals surface area (Å²) in [5.74, 6) is -1.11. The molecule has 5 heteroatoms. The number of aliphatic hydroxyl groups excluding tert-OH is 1. The van der Waals surface area contributed by atoms with E-state index in [1.54, 1.807) is 12.3 Å². The highest BCUT2D eigenvalue weighted by atomic mass is 16.4. The second-order valence-corrected chi connectivity index (χ2v) is 3.64. The van der Waals surface area contributed by atoms with Gasteiger partial charge in [0.15, 0.2) is 5.76 Å². The molecule has 0 aliphatic carbocycles. The molecule has 0 aliphatic rings. The standard InChI is InChI=1S/C12H11NO4/c1-7-2-4-13-6-9(7)10(14)11-8(12(15)16)3-5-17-11/h2-6,10,14H,1H3,(H,15,16). The minimum Gasteiger partial charge on any atom is -0.478 e. The van der Waals surface area contributed by atoms with E-state index in [9.17, 15) is 9.90 Å². The lowest BCUT2D eigenvalue weighted by Gasteiger charge is -2.11. The van der Waals surface area contributed by atoms with Gasteiger partial charge in [-0.25, -0.2) is 4.79 Å². The number of aromatic nitrogens is 1. The van der Waals surface area contributed by atoms with Crippen molar-refractivity contribution in [2.75, 3.05) is 0 Å². The first-order valence-corrected chi connectivity index (χ1v) is 5.00. The summed E-state index contributed by atoms with van der Waals surface area (Å²) in [6.45, 7) is 1.81. The first-order valence-electron chi connectivity index (χ1n) is 5.00. The minimum atomic E-state index is -1.13. The fourth-order valence-corrected chi connectivity index (χ4v) is 1.61. The Bertz CT molecular complexity index is 547. The van der Waals surface area contributed by atoms with Crippen LogP contribution in [0.3, 0.4) is 0 Å². The van der Waals surface area contributed by atoms with Crippen LogP contribution in [0, 0.1) is 6.92 Å². The smallest absolute Gasteiger partial charge is 0.339 e. The quantitative estimate of drug-likeness (QED) is 0.843. The average molecular weight is 233 g/mol. The predicted molar refractivity (Wildman–Crippen MR) is 58.7 cm³/mol. The van der Waals surface area contributed by atoms with Crippen molar-refractivity contribution in [3.05, 3.63) is 53.2 Å². The zero-order valence-electron chi connectivity index (χ0n) is 9.12. The lowest BCUT2D eigenvalue weighted by Crippen LogP contribution is -2.07. The van der Waals surface area contributed by atoms with Gasteiger partial charge in [0.25, 0.3) is 0 Å². The van der Waals surface area contributed by atoms with Crippen LogP contribution >= 0.6 is 0 Å². The van der Waals surface area contributed by atoms with Crippen LogP contribution in [0.2, 0.25) is 0 Å². The number of nitrogens with zero attached hydrogens (tertiary/aromatic N) is 1. The summed E-state index contributed by atoms with van der Waals surface area (Å²) in [6.07, 6.45) is 3.22. The van der Waals surface area contributed by atoms with Crippen molar-refractivity contribution >= 4 is 5.97 Å². The molecule has 0 aliphatic heterocycles. The van der Waals surface area contributed by atoms with E-state index in [4.69, 9.17) is 9.52 Å². The molecular formula is C12H11NO4. The van der Waals surface area contributed by atoms with Crippen LogP contribution in [0.4, 0.5) is 0 Å². The molecule has 2 aromatic rings. The molecule has 17 heavy (non-hydrogen) atoms. The summed E-state index contributed by atoms with van der Waals surface area (Å²) in [5, 5.41) is 19.0. The molecule has 1 atom stereocenters. The molecule has 0 aromatic carbocycles. The van der Waals surface area contributed by atoms with E-state index in [1.165, 1.54) is 18.5 Å². The maximum Gasteiger partial charge on any atom is 0.339 e. The van der Waals surface area contributed by atoms with Gasteiger partial charge in [0.05, 0.1) is 6.26 Å². The SMILES string of the molecule is Cc1ccncc1C(O)c1occc1C(=O)O. The molecule has 0 saturated carbocycles. The Labute approximate surface area is 97.3 Å². The Kier molecular flexibility index (Phi) is 2.93. The van der Waals surface area contributed by atoms with Crippen LogP contribution < -0.4 is 0 Å². The highest BCUT2D eigenvalue weighted by molar-refractivity contribution is 5.88. The molecule has 0 fully saturated rings. The average Bonchev–Trinajstić information content (AvgIpc) is 2.77. The van der Waals surface area contributed by atoms with Gasteiger partial charge in [0.1, 0.15) is 11.7 Å². The third-order valence-electron chi connectivity index (χ3n) is 2.55. The highest BCUT2D eigenvalue weighted by Crippen LogP contribution is 2.27. The highest BCUT2D eigenvalue weighted by Gasteiger charge is 2.23. The Balaban J connectivity index is 2.44. The lowest BCUT2D eigenvalue weighted by atomic mass is 10.0. The molecule has 0 saturated heterocycles. The van der Waals surface area contributed by atoms with Crippen LogP contribution in [0.1, 0.15) is 33.3 Å². The minimum absolute atomic E-state index is 0.0219. The molecule has 5 nitrogen and oxygen atoms in total. The topological polar surface area (TPSA) is 83.6 Å². The zero-order chi connectivity index (χ0) is 12.4. The molecule has 0 amide bonds. The summed E-state index contributed by atoms with van der Waals surface area (Å²) in [4.78, 5) is 14.8. The van der Waals surface area contributed by atoms with Crippen molar-refractivity contribution in [3.63, 3.8) is 0 Å². The number of hydrogen-bond donors (Lipinski definition) is 2. The molecule has 0 radical (unpaired) electrons. The fraction of sp³-hybridized carbons (Fsp3) is 0.167. The van der Waals surface area contributed by atoms with E-state index in [0.717, 1.165) is 5.56 Å². The van der Waals surface area contributed by atoms with Crippen LogP contribution in [-0.2, 0) is 0 Å². The number of aryl methyl sites for hydroxylation is 1. The third-order valence-corrected chi connectivity index (χ3v) is 2.55. The normalized spacial score (nSPS) is 12.4. The number of carbonyl (C=O) groups is 1. The van der Waals surface area contributed by atoms with Gasteiger partial charge < -0.3 is 14.6 Å². The summed E-state index contributed by atoms with van der Waals surface area (Å²) in [5.41, 5.74) is 1.31. The van der Waals surface area contributed by atoms with Crippen molar-refractivity contribution < 1.29 is 19.4 Å². The number of furan rings is 1. The largest absolute Gasteiger partial charge is 0.478 e. The Morgan fingerprint density at radius 3 is 2.88 bits per heavy atom. The summed E-state index contributed by atoms with van der Waals surface area (Å²) < 4.78 is 5.04. The number of carboxylic acids is 1. The van der Waals surface area contributed by atoms with Crippen molar-refractivity contribution in [2.45, 2.75) is 13.0 Å². The van der Waals surface area contributed by atoms with Crippen molar-refractivity contribution in [1.82, 2.24) is 4.98 Å². The second-order valence-electron chi connectivity index (χ2n) is 3.64. The van der Waals surface area contributed by atoms with Gasteiger partial charge in [0, 0.05) is 18.0 Å². The van der Waals surface area contributed by atoms with Crippen molar-refractivity contribution in [2.24, 2.45) is 0 Å². The Morgan fingerprint density at radius 2 is 2.24 bits per heavy atom. The fourth-order valence-electron chi connectivity index (χ4n) is 1.61. The van der Waals surface area contributed by atoms with Gasteiger partial charge in [-0.2, -0.15) is 0 Å². The number of aliphatic hydroxyl groups is 1. The lowest BCUT2D eigenvalue weighted by molar-refractivity contribution is 0.0687. The molecule has 2 aromatic heterocycles. The number of aromatic carboxylic acids is 1. The van der Waals surface area contributed by atoms with Crippen molar-refractivity contribution in [3.8, 4) is 0 Å². The van der Waals surface area contributed by atoms with Crippen LogP contribution in [-0.4, -0.2) is 21.2 Å². The number of hydrogen-bond acceptors (Lipinski definition) is 4. The Morgan fingerprint density at radius 1 is 1.47 bits per heavy atom. The molecule has 2 rings (SSSR count). The summed E-state index contributed by atoms with van der Waals surface area (Å²) >= 11 is 0. The van der Waals surface area contributed by atoms with E-state index in [2.05, 4.69) is 4.98 Å². The number of pyridine rings is 1. The van der Waals surface area contributed by atoms with E-state index in [1.807, 2.05) is 6.92 Å². The van der Waals surface area contributed by atoms with E-state index in [-0.39, 0.29) is 11.3 Å². The molecule has 2 N–H and O–H groups in total. The maximum absolute atomic E-state index is 10.9. The molecule has 0 spiro atoms. The second kappa shape index (κ2) is 4.39. The van der Waals surface area contributed by atoms with Gasteiger partial charge in [0.2, 0.25) is 0 Å². The molecule has 1 unspecified atom stereocenters. The number of carboxylic acid groups (broad SMARTS) is 1. The number of rotatable bonds is 3. The van der Waals surface area contributed by atoms with Crippen LogP contribution in [0.5, 0.6) is 0 Å². The van der Waals surface area contributed by atoms with E-state index < -0.39 is 12.1 Å². The third kappa shape index (κ3) is 2.05. The van der Waals surface area contributed by atoms with E-state index >= 15 is 0 Å². The predicted octanol–water partition coefficient (Wildman–Crippen LogP) is 1.76. The van der Waals surface area contributed by atoms with Gasteiger partial charge in [-0.15, -0.1) is 0 Å². The molecule has 0 bridgehead atoms.